The molecule has 1 aliphatic heterocycles. The summed E-state index contributed by atoms with van der Waals surface area (Å²) in [5.74, 6) is 0.624. The lowest BCUT2D eigenvalue weighted by atomic mass is 10.1. The SMILES string of the molecule is COc1ccnc(-c2nnc3n2CC(C)N(Cc2cccc(C(F)(F)F)c2Cl)C3=O)c1. The lowest BCUT2D eigenvalue weighted by Gasteiger charge is -2.34. The van der Waals surface area contributed by atoms with Crippen molar-refractivity contribution in [2.75, 3.05) is 7.11 Å². The van der Waals surface area contributed by atoms with E-state index in [0.717, 1.165) is 6.07 Å². The maximum absolute atomic E-state index is 13.2. The molecule has 1 atom stereocenters. The van der Waals surface area contributed by atoms with Gasteiger partial charge in [-0.25, -0.2) is 0 Å². The molecule has 1 aromatic carbocycles. The Morgan fingerprint density at radius 3 is 2.68 bits per heavy atom. The highest BCUT2D eigenvalue weighted by Gasteiger charge is 2.37. The molecule has 2 aromatic heterocycles. The monoisotopic (exact) mass is 451 g/mol. The van der Waals surface area contributed by atoms with Crippen molar-refractivity contribution in [2.45, 2.75) is 32.2 Å². The first kappa shape index (κ1) is 21.1. The van der Waals surface area contributed by atoms with Crippen LogP contribution in [0.3, 0.4) is 0 Å². The lowest BCUT2D eigenvalue weighted by molar-refractivity contribution is -0.137. The van der Waals surface area contributed by atoms with E-state index in [1.807, 2.05) is 0 Å². The number of carbonyl (C=O) groups is 1. The van der Waals surface area contributed by atoms with Crippen molar-refractivity contribution >= 4 is 17.5 Å². The Morgan fingerprint density at radius 2 is 1.97 bits per heavy atom. The number of rotatable bonds is 4. The van der Waals surface area contributed by atoms with E-state index in [-0.39, 0.29) is 24.0 Å². The van der Waals surface area contributed by atoms with Crippen molar-refractivity contribution in [3.05, 3.63) is 58.5 Å². The Hall–Kier alpha value is -3.14. The van der Waals surface area contributed by atoms with Gasteiger partial charge in [0.05, 0.1) is 17.7 Å². The van der Waals surface area contributed by atoms with Gasteiger partial charge in [-0.15, -0.1) is 10.2 Å². The molecule has 162 valence electrons. The van der Waals surface area contributed by atoms with Crippen molar-refractivity contribution in [3.8, 4) is 17.3 Å². The summed E-state index contributed by atoms with van der Waals surface area (Å²) in [5, 5.41) is 7.70. The van der Waals surface area contributed by atoms with Gasteiger partial charge < -0.3 is 9.64 Å². The van der Waals surface area contributed by atoms with Crippen LogP contribution in [0.4, 0.5) is 13.2 Å². The second-order valence-corrected chi connectivity index (χ2v) is 7.48. The minimum atomic E-state index is -4.58. The van der Waals surface area contributed by atoms with Crippen molar-refractivity contribution in [2.24, 2.45) is 0 Å². The normalized spacial score (nSPS) is 16.4. The molecular formula is C20H17ClF3N5O2. The Labute approximate surface area is 180 Å². The Balaban J connectivity index is 1.66. The quantitative estimate of drug-likeness (QED) is 0.598. The topological polar surface area (TPSA) is 73.1 Å². The minimum absolute atomic E-state index is 0.0810. The summed E-state index contributed by atoms with van der Waals surface area (Å²) in [4.78, 5) is 18.8. The van der Waals surface area contributed by atoms with Crippen molar-refractivity contribution < 1.29 is 22.7 Å². The summed E-state index contributed by atoms with van der Waals surface area (Å²) in [6.07, 6.45) is -3.02. The third-order valence-corrected chi connectivity index (χ3v) is 5.55. The largest absolute Gasteiger partial charge is 0.497 e. The van der Waals surface area contributed by atoms with Crippen LogP contribution in [0.15, 0.2) is 36.5 Å². The number of pyridine rings is 1. The van der Waals surface area contributed by atoms with Gasteiger partial charge in [0.1, 0.15) is 11.4 Å². The second-order valence-electron chi connectivity index (χ2n) is 7.10. The molecule has 0 spiro atoms. The fraction of sp³-hybridized carbons (Fsp3) is 0.300. The molecule has 0 bridgehead atoms. The van der Waals surface area contributed by atoms with Crippen LogP contribution in [-0.2, 0) is 19.3 Å². The highest BCUT2D eigenvalue weighted by atomic mass is 35.5. The summed E-state index contributed by atoms with van der Waals surface area (Å²) >= 11 is 6.01. The highest BCUT2D eigenvalue weighted by molar-refractivity contribution is 6.32. The fourth-order valence-corrected chi connectivity index (χ4v) is 3.80. The van der Waals surface area contributed by atoms with Gasteiger partial charge in [-0.1, -0.05) is 23.7 Å². The first-order chi connectivity index (χ1) is 14.7. The van der Waals surface area contributed by atoms with Crippen molar-refractivity contribution in [1.82, 2.24) is 24.6 Å². The van der Waals surface area contributed by atoms with Gasteiger partial charge in [-0.2, -0.15) is 13.2 Å². The van der Waals surface area contributed by atoms with Gasteiger partial charge in [-0.05, 0) is 24.6 Å². The van der Waals surface area contributed by atoms with E-state index in [4.69, 9.17) is 16.3 Å². The summed E-state index contributed by atoms with van der Waals surface area (Å²) in [6.45, 7) is 2.06. The van der Waals surface area contributed by atoms with Gasteiger partial charge in [0.25, 0.3) is 5.91 Å². The molecular weight excluding hydrogens is 435 g/mol. The number of fused-ring (bicyclic) bond motifs is 1. The zero-order valence-electron chi connectivity index (χ0n) is 16.5. The smallest absolute Gasteiger partial charge is 0.417 e. The van der Waals surface area contributed by atoms with Crippen molar-refractivity contribution in [1.29, 1.82) is 0 Å². The van der Waals surface area contributed by atoms with Gasteiger partial charge in [0.15, 0.2) is 5.82 Å². The third kappa shape index (κ3) is 3.83. The van der Waals surface area contributed by atoms with Crippen LogP contribution in [0.1, 0.15) is 28.7 Å². The number of halogens is 4. The number of amides is 1. The average Bonchev–Trinajstić information content (AvgIpc) is 3.15. The molecule has 3 aromatic rings. The molecule has 7 nitrogen and oxygen atoms in total. The number of aromatic nitrogens is 4. The zero-order chi connectivity index (χ0) is 22.3. The number of carbonyl (C=O) groups excluding carboxylic acids is 1. The van der Waals surface area contributed by atoms with E-state index in [9.17, 15) is 18.0 Å². The van der Waals surface area contributed by atoms with Crippen molar-refractivity contribution in [3.63, 3.8) is 0 Å². The van der Waals surface area contributed by atoms with E-state index in [1.165, 1.54) is 24.1 Å². The maximum atomic E-state index is 13.2. The summed E-state index contributed by atoms with van der Waals surface area (Å²) in [5.41, 5.74) is -0.231. The van der Waals surface area contributed by atoms with E-state index in [0.29, 0.717) is 23.8 Å². The number of hydrogen-bond acceptors (Lipinski definition) is 5. The van der Waals surface area contributed by atoms with E-state index >= 15 is 0 Å². The number of alkyl halides is 3. The first-order valence-electron chi connectivity index (χ1n) is 9.30. The summed E-state index contributed by atoms with van der Waals surface area (Å²) in [6, 6.07) is 6.69. The van der Waals surface area contributed by atoms with Gasteiger partial charge >= 0.3 is 6.18 Å². The van der Waals surface area contributed by atoms with Crippen LogP contribution in [0.2, 0.25) is 5.02 Å². The fourth-order valence-electron chi connectivity index (χ4n) is 3.51. The molecule has 0 saturated carbocycles. The van der Waals surface area contributed by atoms with Crippen LogP contribution in [0.25, 0.3) is 11.5 Å². The minimum Gasteiger partial charge on any atom is -0.497 e. The molecule has 1 aliphatic rings. The average molecular weight is 452 g/mol. The maximum Gasteiger partial charge on any atom is 0.417 e. The van der Waals surface area contributed by atoms with Gasteiger partial charge in [-0.3, -0.25) is 14.3 Å². The predicted molar refractivity (Wildman–Crippen MR) is 106 cm³/mol. The number of hydrogen-bond donors (Lipinski definition) is 0. The summed E-state index contributed by atoms with van der Waals surface area (Å²) < 4.78 is 46.4. The molecule has 0 N–H and O–H groups in total. The van der Waals surface area contributed by atoms with Crippen LogP contribution in [0.5, 0.6) is 5.75 Å². The molecule has 4 rings (SSSR count). The van der Waals surface area contributed by atoms with Crippen LogP contribution in [-0.4, -0.2) is 43.7 Å². The molecule has 3 heterocycles. The molecule has 1 amide bonds. The number of ether oxygens (including phenoxy) is 1. The van der Waals surface area contributed by atoms with Crippen LogP contribution in [0, 0.1) is 0 Å². The molecule has 11 heteroatoms. The molecule has 0 aliphatic carbocycles. The molecule has 0 saturated heterocycles. The summed E-state index contributed by atoms with van der Waals surface area (Å²) in [7, 11) is 1.53. The van der Waals surface area contributed by atoms with E-state index in [1.54, 1.807) is 29.8 Å². The predicted octanol–water partition coefficient (Wildman–Crippen LogP) is 4.07. The Kier molecular flexibility index (Phi) is 5.34. The second kappa shape index (κ2) is 7.84. The van der Waals surface area contributed by atoms with E-state index < -0.39 is 22.7 Å². The molecule has 0 radical (unpaired) electrons. The number of nitrogens with zero attached hydrogens (tertiary/aromatic N) is 5. The highest BCUT2D eigenvalue weighted by Crippen LogP contribution is 2.37. The van der Waals surface area contributed by atoms with Crippen LogP contribution < -0.4 is 4.74 Å². The lowest BCUT2D eigenvalue weighted by Crippen LogP contribution is -2.46. The number of methoxy groups -OCH3 is 1. The third-order valence-electron chi connectivity index (χ3n) is 5.10. The Bertz CT molecular complexity index is 1150. The van der Waals surface area contributed by atoms with E-state index in [2.05, 4.69) is 15.2 Å². The molecule has 31 heavy (non-hydrogen) atoms. The first-order valence-corrected chi connectivity index (χ1v) is 9.67. The van der Waals surface area contributed by atoms with Gasteiger partial charge in [0.2, 0.25) is 5.82 Å². The molecule has 1 unspecified atom stereocenters. The van der Waals surface area contributed by atoms with Crippen LogP contribution >= 0.6 is 11.6 Å². The standard InChI is InChI=1S/C20H17ClF3N5O2/c1-11-9-29-17(15-8-13(31-2)6-7-25-15)26-27-18(29)19(30)28(11)10-12-4-3-5-14(16(12)21)20(22,23)24/h3-8,11H,9-10H2,1-2H3. The zero-order valence-corrected chi connectivity index (χ0v) is 17.3. The number of benzene rings is 1. The molecule has 0 fully saturated rings. The Morgan fingerprint density at radius 1 is 1.23 bits per heavy atom. The van der Waals surface area contributed by atoms with Gasteiger partial charge in [0, 0.05) is 31.4 Å².